The Hall–Kier alpha value is -3.01. The summed E-state index contributed by atoms with van der Waals surface area (Å²) in [5, 5.41) is 7.09. The van der Waals surface area contributed by atoms with Gasteiger partial charge in [0.1, 0.15) is 11.3 Å². The van der Waals surface area contributed by atoms with E-state index >= 15 is 0 Å². The maximum Gasteiger partial charge on any atom is 0.271 e. The van der Waals surface area contributed by atoms with Crippen molar-refractivity contribution in [1.29, 1.82) is 0 Å². The Balaban J connectivity index is 1.76. The molecule has 0 fully saturated rings. The summed E-state index contributed by atoms with van der Waals surface area (Å²) in [5.41, 5.74) is 0.939. The third-order valence-corrected chi connectivity index (χ3v) is 4.91. The average Bonchev–Trinajstić information content (AvgIpc) is 3.11. The predicted molar refractivity (Wildman–Crippen MR) is 107 cm³/mol. The highest BCUT2D eigenvalue weighted by atomic mass is 35.5. The first-order chi connectivity index (χ1) is 14.3. The van der Waals surface area contributed by atoms with Crippen molar-refractivity contribution in [3.8, 4) is 5.75 Å². The van der Waals surface area contributed by atoms with E-state index in [1.165, 1.54) is 7.11 Å². The third kappa shape index (κ3) is 3.51. The van der Waals surface area contributed by atoms with Crippen LogP contribution in [0.15, 0.2) is 12.1 Å². The highest BCUT2D eigenvalue weighted by molar-refractivity contribution is 6.29. The number of carbonyl (C=O) groups is 1. The number of ether oxygens (including phenoxy) is 1. The Morgan fingerprint density at radius 1 is 1.23 bits per heavy atom. The van der Waals surface area contributed by atoms with Crippen LogP contribution in [0.4, 0.5) is 14.6 Å². The van der Waals surface area contributed by atoms with Crippen molar-refractivity contribution >= 4 is 34.2 Å². The molecule has 3 heterocycles. The van der Waals surface area contributed by atoms with Crippen LogP contribution in [0.1, 0.15) is 30.0 Å². The van der Waals surface area contributed by atoms with Gasteiger partial charge in [0.2, 0.25) is 5.28 Å². The fraction of sp³-hybridized carbons (Fsp3) is 0.368. The maximum absolute atomic E-state index is 14.4. The smallest absolute Gasteiger partial charge is 0.271 e. The van der Waals surface area contributed by atoms with Crippen LogP contribution in [0, 0.1) is 11.6 Å². The van der Waals surface area contributed by atoms with Crippen molar-refractivity contribution in [2.24, 2.45) is 0 Å². The number of hydrogen-bond acceptors (Lipinski definition) is 6. The van der Waals surface area contributed by atoms with Crippen LogP contribution in [-0.4, -0.2) is 45.4 Å². The molecule has 8 nitrogen and oxygen atoms in total. The minimum Gasteiger partial charge on any atom is -0.493 e. The number of methoxy groups -OCH3 is 1. The molecule has 0 saturated heterocycles. The molecule has 0 bridgehead atoms. The molecule has 1 aromatic carbocycles. The Morgan fingerprint density at radius 2 is 2.00 bits per heavy atom. The van der Waals surface area contributed by atoms with Crippen LogP contribution in [0.3, 0.4) is 0 Å². The molecule has 0 spiro atoms. The summed E-state index contributed by atoms with van der Waals surface area (Å²) in [4.78, 5) is 22.2. The van der Waals surface area contributed by atoms with Crippen LogP contribution in [0.2, 0.25) is 5.28 Å². The largest absolute Gasteiger partial charge is 0.493 e. The molecule has 158 valence electrons. The van der Waals surface area contributed by atoms with E-state index in [1.54, 1.807) is 15.6 Å². The van der Waals surface area contributed by atoms with E-state index in [1.807, 2.05) is 13.8 Å². The Bertz CT molecular complexity index is 1150. The normalized spacial score (nSPS) is 13.6. The lowest BCUT2D eigenvalue weighted by atomic mass is 10.1. The van der Waals surface area contributed by atoms with Gasteiger partial charge < -0.3 is 15.0 Å². The molecule has 0 unspecified atom stereocenters. The fourth-order valence-electron chi connectivity index (χ4n) is 3.49. The number of anilines is 1. The van der Waals surface area contributed by atoms with E-state index in [9.17, 15) is 13.6 Å². The second kappa shape index (κ2) is 7.67. The standard InChI is InChI=1S/C19H19ClF2N6O2/c1-9(2)23-18(29)13-6-10-8-27(4-5-28(10)26-13)17-14-15(24-19(20)25-17)11(21)7-12(22)16(14)30-3/h6-7,9H,4-5,8H2,1-3H3,(H,23,29). The highest BCUT2D eigenvalue weighted by Crippen LogP contribution is 2.37. The molecule has 30 heavy (non-hydrogen) atoms. The molecule has 11 heteroatoms. The molecule has 3 aromatic rings. The van der Waals surface area contributed by atoms with Crippen molar-refractivity contribution in [1.82, 2.24) is 25.1 Å². The number of hydrogen-bond donors (Lipinski definition) is 1. The van der Waals surface area contributed by atoms with Crippen molar-refractivity contribution in [3.63, 3.8) is 0 Å². The van der Waals surface area contributed by atoms with Gasteiger partial charge in [-0.05, 0) is 31.5 Å². The SMILES string of the molecule is COc1c(F)cc(F)c2nc(Cl)nc(N3CCn4nc(C(=O)NC(C)C)cc4C3)c12. The Labute approximate surface area is 175 Å². The van der Waals surface area contributed by atoms with Crippen molar-refractivity contribution in [2.45, 2.75) is 33.0 Å². The van der Waals surface area contributed by atoms with Crippen molar-refractivity contribution in [3.05, 3.63) is 40.4 Å². The number of fused-ring (bicyclic) bond motifs is 2. The van der Waals surface area contributed by atoms with Gasteiger partial charge in [-0.2, -0.15) is 10.1 Å². The molecule has 1 N–H and O–H groups in total. The highest BCUT2D eigenvalue weighted by Gasteiger charge is 2.27. The molecule has 0 aliphatic carbocycles. The second-order valence-electron chi connectivity index (χ2n) is 7.21. The first-order valence-corrected chi connectivity index (χ1v) is 9.68. The zero-order valence-electron chi connectivity index (χ0n) is 16.5. The summed E-state index contributed by atoms with van der Waals surface area (Å²) in [6.45, 7) is 4.93. The van der Waals surface area contributed by atoms with E-state index in [-0.39, 0.29) is 39.7 Å². The van der Waals surface area contributed by atoms with Gasteiger partial charge in [0.05, 0.1) is 31.3 Å². The van der Waals surface area contributed by atoms with Crippen molar-refractivity contribution < 1.29 is 18.3 Å². The third-order valence-electron chi connectivity index (χ3n) is 4.74. The number of benzene rings is 1. The Kier molecular flexibility index (Phi) is 5.19. The van der Waals surface area contributed by atoms with Crippen LogP contribution in [-0.2, 0) is 13.1 Å². The lowest BCUT2D eigenvalue weighted by Gasteiger charge is -2.29. The van der Waals surface area contributed by atoms with Gasteiger partial charge >= 0.3 is 0 Å². The van der Waals surface area contributed by atoms with Gasteiger partial charge in [0.25, 0.3) is 5.91 Å². The van der Waals surface area contributed by atoms with Gasteiger partial charge in [-0.3, -0.25) is 9.48 Å². The van der Waals surface area contributed by atoms with Crippen LogP contribution < -0.4 is 15.0 Å². The molecule has 0 radical (unpaired) electrons. The lowest BCUT2D eigenvalue weighted by molar-refractivity contribution is 0.0937. The summed E-state index contributed by atoms with van der Waals surface area (Å²) in [7, 11) is 1.29. The van der Waals surface area contributed by atoms with Gasteiger partial charge in [-0.1, -0.05) is 0 Å². The number of amides is 1. The van der Waals surface area contributed by atoms with Crippen molar-refractivity contribution in [2.75, 3.05) is 18.6 Å². The molecular formula is C19H19ClF2N6O2. The lowest BCUT2D eigenvalue weighted by Crippen LogP contribution is -2.34. The van der Waals surface area contributed by atoms with E-state index in [4.69, 9.17) is 16.3 Å². The summed E-state index contributed by atoms with van der Waals surface area (Å²) in [6.07, 6.45) is 0. The molecule has 1 amide bonds. The summed E-state index contributed by atoms with van der Waals surface area (Å²) < 4.78 is 35.6. The summed E-state index contributed by atoms with van der Waals surface area (Å²) in [5.74, 6) is -1.89. The quantitative estimate of drug-likeness (QED) is 0.633. The average molecular weight is 437 g/mol. The van der Waals surface area contributed by atoms with E-state index in [0.717, 1.165) is 5.69 Å². The van der Waals surface area contributed by atoms with E-state index in [0.29, 0.717) is 31.4 Å². The number of carbonyl (C=O) groups excluding carboxylic acids is 1. The Morgan fingerprint density at radius 3 is 2.70 bits per heavy atom. The minimum absolute atomic E-state index is 0.0143. The molecule has 0 atom stereocenters. The fourth-order valence-corrected chi connectivity index (χ4v) is 3.66. The summed E-state index contributed by atoms with van der Waals surface area (Å²) >= 11 is 6.02. The van der Waals surface area contributed by atoms with Gasteiger partial charge in [-0.25, -0.2) is 13.8 Å². The number of nitrogens with zero attached hydrogens (tertiary/aromatic N) is 5. The predicted octanol–water partition coefficient (Wildman–Crippen LogP) is 2.92. The number of aromatic nitrogens is 4. The monoisotopic (exact) mass is 436 g/mol. The molecular weight excluding hydrogens is 418 g/mol. The first-order valence-electron chi connectivity index (χ1n) is 9.30. The maximum atomic E-state index is 14.4. The van der Waals surface area contributed by atoms with Gasteiger partial charge in [0.15, 0.2) is 23.1 Å². The van der Waals surface area contributed by atoms with Crippen LogP contribution >= 0.6 is 11.6 Å². The van der Waals surface area contributed by atoms with E-state index < -0.39 is 11.6 Å². The number of rotatable bonds is 4. The second-order valence-corrected chi connectivity index (χ2v) is 7.55. The first kappa shape index (κ1) is 20.3. The van der Waals surface area contributed by atoms with E-state index in [2.05, 4.69) is 20.4 Å². The molecule has 4 rings (SSSR count). The molecule has 1 aliphatic heterocycles. The number of halogens is 3. The molecule has 1 aliphatic rings. The zero-order valence-corrected chi connectivity index (χ0v) is 17.3. The zero-order chi connectivity index (χ0) is 21.6. The topological polar surface area (TPSA) is 85.2 Å². The van der Waals surface area contributed by atoms with Crippen LogP contribution in [0.5, 0.6) is 5.75 Å². The van der Waals surface area contributed by atoms with Gasteiger partial charge in [0, 0.05) is 18.7 Å². The molecule has 2 aromatic heterocycles. The minimum atomic E-state index is -0.858. The van der Waals surface area contributed by atoms with Crippen LogP contribution in [0.25, 0.3) is 10.9 Å². The summed E-state index contributed by atoms with van der Waals surface area (Å²) in [6, 6.07) is 2.38. The van der Waals surface area contributed by atoms with Gasteiger partial charge in [-0.15, -0.1) is 0 Å². The number of nitrogens with one attached hydrogen (secondary N) is 1. The molecule has 0 saturated carbocycles.